The number of nitrogens with zero attached hydrogens (tertiary/aromatic N) is 2. The van der Waals surface area contributed by atoms with Crippen LogP contribution in [0, 0.1) is 0 Å². The summed E-state index contributed by atoms with van der Waals surface area (Å²) in [5, 5.41) is 9.41. The first-order chi connectivity index (χ1) is 11.1. The van der Waals surface area contributed by atoms with Crippen LogP contribution in [0.3, 0.4) is 0 Å². The van der Waals surface area contributed by atoms with E-state index in [1.54, 1.807) is 7.05 Å². The van der Waals surface area contributed by atoms with Crippen molar-refractivity contribution in [3.8, 4) is 11.5 Å². The maximum Gasteiger partial charge on any atom is 0.343 e. The molecule has 122 valence electrons. The minimum Gasteiger partial charge on any atom is -0.486 e. The third-order valence-corrected chi connectivity index (χ3v) is 4.30. The largest absolute Gasteiger partial charge is 0.486 e. The number of nitrogens with one attached hydrogen (secondary N) is 2. The van der Waals surface area contributed by atoms with Gasteiger partial charge in [-0.15, -0.1) is 5.10 Å². The van der Waals surface area contributed by atoms with Crippen LogP contribution in [0.1, 0.15) is 0 Å². The number of hydrogen-bond acceptors (Lipinski definition) is 6. The van der Waals surface area contributed by atoms with Crippen LogP contribution in [0.25, 0.3) is 0 Å². The van der Waals surface area contributed by atoms with Gasteiger partial charge < -0.3 is 14.8 Å². The summed E-state index contributed by atoms with van der Waals surface area (Å²) in [5.41, 5.74) is -0.306. The first-order valence-electron chi connectivity index (χ1n) is 7.03. The molecular formula is C14H16N4O4S. The number of aromatic amines is 1. The summed E-state index contributed by atoms with van der Waals surface area (Å²) in [5.74, 6) is 1.40. The third kappa shape index (κ3) is 3.67. The van der Waals surface area contributed by atoms with Gasteiger partial charge in [0.05, 0.1) is 12.3 Å². The van der Waals surface area contributed by atoms with Crippen molar-refractivity contribution in [3.63, 3.8) is 0 Å². The first-order valence-corrected chi connectivity index (χ1v) is 8.01. The summed E-state index contributed by atoms with van der Waals surface area (Å²) in [6.07, 6.45) is -0.228. The number of hydrogen-bond donors (Lipinski definition) is 2. The molecule has 0 spiro atoms. The molecule has 9 heteroatoms. The van der Waals surface area contributed by atoms with E-state index in [1.807, 2.05) is 24.3 Å². The fourth-order valence-corrected chi connectivity index (χ4v) is 2.78. The Morgan fingerprint density at radius 1 is 1.48 bits per heavy atom. The molecule has 2 aromatic rings. The van der Waals surface area contributed by atoms with Gasteiger partial charge in [0.1, 0.15) is 12.7 Å². The minimum absolute atomic E-state index is 0.159. The van der Waals surface area contributed by atoms with Crippen molar-refractivity contribution in [2.75, 3.05) is 18.9 Å². The average Bonchev–Trinajstić information content (AvgIpc) is 2.89. The lowest BCUT2D eigenvalue weighted by Gasteiger charge is -2.26. The molecule has 1 aliphatic heterocycles. The second kappa shape index (κ2) is 6.78. The number of fused-ring (bicyclic) bond motifs is 1. The van der Waals surface area contributed by atoms with Gasteiger partial charge in [0.15, 0.2) is 16.7 Å². The number of carbonyl (C=O) groups excluding carboxylic acids is 1. The molecule has 0 bridgehead atoms. The Labute approximate surface area is 136 Å². The van der Waals surface area contributed by atoms with Crippen LogP contribution >= 0.6 is 11.8 Å². The Morgan fingerprint density at radius 3 is 3.00 bits per heavy atom. The van der Waals surface area contributed by atoms with Crippen molar-refractivity contribution in [3.05, 3.63) is 34.7 Å². The number of ether oxygens (including phenoxy) is 2. The Morgan fingerprint density at radius 2 is 2.26 bits per heavy atom. The van der Waals surface area contributed by atoms with Crippen LogP contribution in [0.4, 0.5) is 0 Å². The molecule has 2 heterocycles. The van der Waals surface area contributed by atoms with Gasteiger partial charge in [-0.1, -0.05) is 23.9 Å². The van der Waals surface area contributed by atoms with E-state index in [0.29, 0.717) is 29.8 Å². The summed E-state index contributed by atoms with van der Waals surface area (Å²) in [6, 6.07) is 7.42. The van der Waals surface area contributed by atoms with Crippen molar-refractivity contribution < 1.29 is 14.3 Å². The van der Waals surface area contributed by atoms with Gasteiger partial charge in [0.25, 0.3) is 0 Å². The minimum atomic E-state index is -0.306. The molecule has 0 unspecified atom stereocenters. The summed E-state index contributed by atoms with van der Waals surface area (Å²) >= 11 is 1.19. The summed E-state index contributed by atoms with van der Waals surface area (Å²) < 4.78 is 12.7. The zero-order valence-electron chi connectivity index (χ0n) is 12.4. The number of benzene rings is 1. The number of aromatic nitrogens is 3. The van der Waals surface area contributed by atoms with Crippen LogP contribution in [0.2, 0.25) is 0 Å². The van der Waals surface area contributed by atoms with Crippen LogP contribution in [-0.4, -0.2) is 45.7 Å². The van der Waals surface area contributed by atoms with Crippen molar-refractivity contribution in [1.29, 1.82) is 0 Å². The SMILES string of the molecule is Cn1c(SCC(=O)NC[C@@H]2COc3ccccc3O2)n[nH]c1=O. The predicted octanol–water partition coefficient (Wildman–Crippen LogP) is 0.157. The molecule has 1 amide bonds. The summed E-state index contributed by atoms with van der Waals surface area (Å²) in [6.45, 7) is 0.742. The van der Waals surface area contributed by atoms with Gasteiger partial charge >= 0.3 is 5.69 Å². The number of rotatable bonds is 5. The topological polar surface area (TPSA) is 98.2 Å². The molecule has 0 radical (unpaired) electrons. The molecule has 1 aromatic carbocycles. The van der Waals surface area contributed by atoms with E-state index >= 15 is 0 Å². The van der Waals surface area contributed by atoms with E-state index in [9.17, 15) is 9.59 Å². The van der Waals surface area contributed by atoms with E-state index in [-0.39, 0.29) is 23.5 Å². The second-order valence-electron chi connectivity index (χ2n) is 4.96. The number of para-hydroxylation sites is 2. The van der Waals surface area contributed by atoms with Crippen molar-refractivity contribution in [2.45, 2.75) is 11.3 Å². The van der Waals surface area contributed by atoms with Gasteiger partial charge in [0.2, 0.25) is 5.91 Å². The van der Waals surface area contributed by atoms with Gasteiger partial charge in [-0.3, -0.25) is 9.36 Å². The Bertz CT molecular complexity index is 757. The van der Waals surface area contributed by atoms with E-state index in [1.165, 1.54) is 16.3 Å². The third-order valence-electron chi connectivity index (χ3n) is 3.27. The van der Waals surface area contributed by atoms with Crippen LogP contribution < -0.4 is 20.5 Å². The summed E-state index contributed by atoms with van der Waals surface area (Å²) in [4.78, 5) is 23.1. The normalized spacial score (nSPS) is 16.1. The Balaban J connectivity index is 1.45. The molecule has 0 saturated heterocycles. The lowest BCUT2D eigenvalue weighted by molar-refractivity contribution is -0.119. The zero-order chi connectivity index (χ0) is 16.2. The molecule has 1 aliphatic rings. The van der Waals surface area contributed by atoms with E-state index in [0.717, 1.165) is 0 Å². The molecule has 1 atom stereocenters. The maximum atomic E-state index is 11.9. The highest BCUT2D eigenvalue weighted by Gasteiger charge is 2.21. The quantitative estimate of drug-likeness (QED) is 0.755. The average molecular weight is 336 g/mol. The molecule has 8 nitrogen and oxygen atoms in total. The lowest BCUT2D eigenvalue weighted by Crippen LogP contribution is -2.41. The number of thioether (sulfide) groups is 1. The molecule has 0 saturated carbocycles. The number of H-pyrrole nitrogens is 1. The fraction of sp³-hybridized carbons (Fsp3) is 0.357. The second-order valence-corrected chi connectivity index (χ2v) is 5.90. The predicted molar refractivity (Wildman–Crippen MR) is 83.9 cm³/mol. The highest BCUT2D eigenvalue weighted by atomic mass is 32.2. The smallest absolute Gasteiger partial charge is 0.343 e. The van der Waals surface area contributed by atoms with Crippen molar-refractivity contribution in [2.24, 2.45) is 7.05 Å². The molecular weight excluding hydrogens is 320 g/mol. The Kier molecular flexibility index (Phi) is 4.56. The highest BCUT2D eigenvalue weighted by molar-refractivity contribution is 7.99. The lowest BCUT2D eigenvalue weighted by atomic mass is 10.2. The molecule has 23 heavy (non-hydrogen) atoms. The van der Waals surface area contributed by atoms with E-state index < -0.39 is 0 Å². The van der Waals surface area contributed by atoms with Gasteiger partial charge in [-0.05, 0) is 12.1 Å². The van der Waals surface area contributed by atoms with E-state index in [2.05, 4.69) is 15.5 Å². The first kappa shape index (κ1) is 15.5. The van der Waals surface area contributed by atoms with Gasteiger partial charge in [-0.25, -0.2) is 9.89 Å². The van der Waals surface area contributed by atoms with Gasteiger partial charge in [-0.2, -0.15) is 0 Å². The van der Waals surface area contributed by atoms with Crippen LogP contribution in [-0.2, 0) is 11.8 Å². The number of carbonyl (C=O) groups is 1. The monoisotopic (exact) mass is 336 g/mol. The van der Waals surface area contributed by atoms with Crippen LogP contribution in [0.15, 0.2) is 34.2 Å². The molecule has 0 fully saturated rings. The van der Waals surface area contributed by atoms with Gasteiger partial charge in [0, 0.05) is 7.05 Å². The zero-order valence-corrected chi connectivity index (χ0v) is 13.3. The number of amides is 1. The van der Waals surface area contributed by atoms with Crippen molar-refractivity contribution in [1.82, 2.24) is 20.1 Å². The fourth-order valence-electron chi connectivity index (χ4n) is 2.03. The molecule has 1 aromatic heterocycles. The maximum absolute atomic E-state index is 11.9. The van der Waals surface area contributed by atoms with E-state index in [4.69, 9.17) is 9.47 Å². The standard InChI is InChI=1S/C14H16N4O4S/c1-18-13(20)16-17-14(18)23-8-12(19)15-6-9-7-21-10-4-2-3-5-11(10)22-9/h2-5,9H,6-8H2,1H3,(H,15,19)(H,16,20)/t9-/m1/s1. The van der Waals surface area contributed by atoms with Crippen molar-refractivity contribution >= 4 is 17.7 Å². The molecule has 3 rings (SSSR count). The Hall–Kier alpha value is -2.42. The highest BCUT2D eigenvalue weighted by Crippen LogP contribution is 2.30. The molecule has 2 N–H and O–H groups in total. The van der Waals surface area contributed by atoms with Crippen LogP contribution in [0.5, 0.6) is 11.5 Å². The molecule has 0 aliphatic carbocycles. The summed E-state index contributed by atoms with van der Waals surface area (Å²) in [7, 11) is 1.59.